The van der Waals surface area contributed by atoms with Crippen molar-refractivity contribution in [2.45, 2.75) is 38.3 Å². The van der Waals surface area contributed by atoms with E-state index in [-0.39, 0.29) is 6.10 Å². The average Bonchev–Trinajstić information content (AvgIpc) is 2.48. The molecule has 0 amide bonds. The van der Waals surface area contributed by atoms with E-state index in [0.717, 1.165) is 31.2 Å². The van der Waals surface area contributed by atoms with Crippen LogP contribution < -0.4 is 4.72 Å². The lowest BCUT2D eigenvalue weighted by Gasteiger charge is -2.26. The zero-order valence-electron chi connectivity index (χ0n) is 12.4. The quantitative estimate of drug-likeness (QED) is 0.836. The first kappa shape index (κ1) is 16.4. The normalized spacial score (nSPS) is 23.4. The Balaban J connectivity index is 1.83. The van der Waals surface area contributed by atoms with Crippen LogP contribution in [-0.2, 0) is 16.8 Å². The minimum Gasteiger partial charge on any atom is -0.393 e. The molecule has 1 fully saturated rings. The summed E-state index contributed by atoms with van der Waals surface area (Å²) in [6.07, 6.45) is 3.09. The third-order valence-corrected chi connectivity index (χ3v) is 5.51. The number of rotatable bonds is 6. The van der Waals surface area contributed by atoms with Crippen LogP contribution in [0.25, 0.3) is 0 Å². The van der Waals surface area contributed by atoms with Crippen molar-refractivity contribution in [3.8, 4) is 0 Å². The molecule has 0 bridgehead atoms. The van der Waals surface area contributed by atoms with Crippen LogP contribution in [0.15, 0.2) is 30.3 Å². The molecule has 118 valence electrons. The van der Waals surface area contributed by atoms with Crippen molar-refractivity contribution < 1.29 is 13.5 Å². The summed E-state index contributed by atoms with van der Waals surface area (Å²) in [6, 6.07) is 9.53. The first-order valence-electron chi connectivity index (χ1n) is 7.40. The largest absolute Gasteiger partial charge is 0.393 e. The molecule has 0 aromatic heterocycles. The molecule has 1 aromatic carbocycles. The highest BCUT2D eigenvalue weighted by Crippen LogP contribution is 2.23. The third-order valence-electron chi connectivity index (χ3n) is 4.03. The minimum absolute atomic E-state index is 0.210. The molecule has 0 atom stereocenters. The molecular formula is C15H24N2O3S. The van der Waals surface area contributed by atoms with Crippen molar-refractivity contribution in [3.63, 3.8) is 0 Å². The number of hydrogen-bond donors (Lipinski definition) is 2. The highest BCUT2D eigenvalue weighted by molar-refractivity contribution is 7.87. The predicted molar refractivity (Wildman–Crippen MR) is 82.8 cm³/mol. The molecule has 0 spiro atoms. The van der Waals surface area contributed by atoms with E-state index in [9.17, 15) is 13.5 Å². The van der Waals surface area contributed by atoms with Crippen molar-refractivity contribution in [3.05, 3.63) is 35.9 Å². The summed E-state index contributed by atoms with van der Waals surface area (Å²) in [7, 11) is -1.87. The van der Waals surface area contributed by atoms with E-state index < -0.39 is 10.2 Å². The maximum absolute atomic E-state index is 12.2. The third kappa shape index (κ3) is 5.07. The molecule has 0 unspecified atom stereocenters. The fourth-order valence-corrected chi connectivity index (χ4v) is 3.59. The minimum atomic E-state index is -3.45. The zero-order valence-corrected chi connectivity index (χ0v) is 13.2. The summed E-state index contributed by atoms with van der Waals surface area (Å²) in [5.41, 5.74) is 0.964. The van der Waals surface area contributed by atoms with Crippen LogP contribution in [0.1, 0.15) is 31.2 Å². The molecule has 1 aromatic rings. The molecule has 0 heterocycles. The molecule has 2 rings (SSSR count). The number of nitrogens with zero attached hydrogens (tertiary/aromatic N) is 1. The number of aliphatic hydroxyl groups excluding tert-OH is 1. The van der Waals surface area contributed by atoms with Crippen molar-refractivity contribution in [2.24, 2.45) is 5.92 Å². The standard InChI is InChI=1S/C15H24N2O3S/c1-17(12-14-5-3-2-4-6-14)21(19,20)16-11-13-7-9-15(18)10-8-13/h2-6,13,15-16,18H,7-12H2,1H3. The van der Waals surface area contributed by atoms with Crippen LogP contribution >= 0.6 is 0 Å². The van der Waals surface area contributed by atoms with Gasteiger partial charge in [0.2, 0.25) is 0 Å². The van der Waals surface area contributed by atoms with Crippen molar-refractivity contribution in [2.75, 3.05) is 13.6 Å². The lowest BCUT2D eigenvalue weighted by Crippen LogP contribution is -2.40. The van der Waals surface area contributed by atoms with Gasteiger partial charge in [0.1, 0.15) is 0 Å². The monoisotopic (exact) mass is 312 g/mol. The smallest absolute Gasteiger partial charge is 0.279 e. The van der Waals surface area contributed by atoms with Crippen LogP contribution in [-0.4, -0.2) is 37.5 Å². The molecule has 0 saturated heterocycles. The van der Waals surface area contributed by atoms with Crippen molar-refractivity contribution in [1.29, 1.82) is 0 Å². The highest BCUT2D eigenvalue weighted by Gasteiger charge is 2.23. The van der Waals surface area contributed by atoms with Crippen LogP contribution in [0, 0.1) is 5.92 Å². The first-order chi connectivity index (χ1) is 9.97. The van der Waals surface area contributed by atoms with Gasteiger partial charge in [-0.05, 0) is 37.2 Å². The Kier molecular flexibility index (Phi) is 5.75. The van der Waals surface area contributed by atoms with E-state index in [0.29, 0.717) is 19.0 Å². The average molecular weight is 312 g/mol. The molecule has 6 heteroatoms. The summed E-state index contributed by atoms with van der Waals surface area (Å²) < 4.78 is 28.4. The van der Waals surface area contributed by atoms with Gasteiger partial charge in [0.25, 0.3) is 10.2 Å². The van der Waals surface area contributed by atoms with Crippen LogP contribution in [0.2, 0.25) is 0 Å². The molecule has 1 saturated carbocycles. The van der Waals surface area contributed by atoms with E-state index in [1.54, 1.807) is 7.05 Å². The van der Waals surface area contributed by atoms with Gasteiger partial charge >= 0.3 is 0 Å². The van der Waals surface area contributed by atoms with E-state index in [1.807, 2.05) is 30.3 Å². The van der Waals surface area contributed by atoms with Gasteiger partial charge in [-0.3, -0.25) is 0 Å². The second-order valence-electron chi connectivity index (χ2n) is 5.77. The van der Waals surface area contributed by atoms with Gasteiger partial charge in [-0.25, -0.2) is 4.72 Å². The summed E-state index contributed by atoms with van der Waals surface area (Å²) in [5, 5.41) is 9.46. The predicted octanol–water partition coefficient (Wildman–Crippen LogP) is 1.50. The Bertz CT molecular complexity index is 525. The molecule has 0 radical (unpaired) electrons. The highest BCUT2D eigenvalue weighted by atomic mass is 32.2. The summed E-state index contributed by atoms with van der Waals surface area (Å²) in [6.45, 7) is 0.813. The number of hydrogen-bond acceptors (Lipinski definition) is 3. The lowest BCUT2D eigenvalue weighted by atomic mass is 9.88. The number of aliphatic hydroxyl groups is 1. The van der Waals surface area contributed by atoms with Gasteiger partial charge in [-0.1, -0.05) is 30.3 Å². The summed E-state index contributed by atoms with van der Waals surface area (Å²) >= 11 is 0. The van der Waals surface area contributed by atoms with E-state index in [2.05, 4.69) is 4.72 Å². The Hall–Kier alpha value is -0.950. The van der Waals surface area contributed by atoms with E-state index >= 15 is 0 Å². The molecule has 0 aliphatic heterocycles. The Morgan fingerprint density at radius 3 is 2.43 bits per heavy atom. The first-order valence-corrected chi connectivity index (χ1v) is 8.84. The molecule has 21 heavy (non-hydrogen) atoms. The van der Waals surface area contributed by atoms with Gasteiger partial charge in [0.05, 0.1) is 6.10 Å². The van der Waals surface area contributed by atoms with Gasteiger partial charge in [0.15, 0.2) is 0 Å². The van der Waals surface area contributed by atoms with Gasteiger partial charge in [0, 0.05) is 20.1 Å². The summed E-state index contributed by atoms with van der Waals surface area (Å²) in [4.78, 5) is 0. The zero-order chi connectivity index (χ0) is 15.3. The van der Waals surface area contributed by atoms with Crippen molar-refractivity contribution >= 4 is 10.2 Å². The Morgan fingerprint density at radius 1 is 1.19 bits per heavy atom. The fraction of sp³-hybridized carbons (Fsp3) is 0.600. The van der Waals surface area contributed by atoms with Gasteiger partial charge in [-0.15, -0.1) is 0 Å². The van der Waals surface area contributed by atoms with E-state index in [4.69, 9.17) is 0 Å². The second kappa shape index (κ2) is 7.35. The summed E-state index contributed by atoms with van der Waals surface area (Å²) in [5.74, 6) is 0.327. The van der Waals surface area contributed by atoms with Crippen LogP contribution in [0.3, 0.4) is 0 Å². The van der Waals surface area contributed by atoms with Crippen LogP contribution in [0.5, 0.6) is 0 Å². The maximum atomic E-state index is 12.2. The van der Waals surface area contributed by atoms with Crippen molar-refractivity contribution in [1.82, 2.24) is 9.03 Å². The topological polar surface area (TPSA) is 69.6 Å². The second-order valence-corrected chi connectivity index (χ2v) is 7.63. The number of benzene rings is 1. The lowest BCUT2D eigenvalue weighted by molar-refractivity contribution is 0.109. The molecule has 1 aliphatic carbocycles. The Labute approximate surface area is 127 Å². The molecule has 2 N–H and O–H groups in total. The molecular weight excluding hydrogens is 288 g/mol. The molecule has 1 aliphatic rings. The van der Waals surface area contributed by atoms with Crippen LogP contribution in [0.4, 0.5) is 0 Å². The molecule has 5 nitrogen and oxygen atoms in total. The number of nitrogens with one attached hydrogen (secondary N) is 1. The van der Waals surface area contributed by atoms with Gasteiger partial charge < -0.3 is 5.11 Å². The Morgan fingerprint density at radius 2 is 1.81 bits per heavy atom. The van der Waals surface area contributed by atoms with Gasteiger partial charge in [-0.2, -0.15) is 12.7 Å². The van der Waals surface area contributed by atoms with E-state index in [1.165, 1.54) is 4.31 Å². The maximum Gasteiger partial charge on any atom is 0.279 e. The fourth-order valence-electron chi connectivity index (χ4n) is 2.61. The SMILES string of the molecule is CN(Cc1ccccc1)S(=O)(=O)NCC1CCC(O)CC1.